The SMILES string of the molecule is C=C(C)C(=O)OC(C)(O)[C@H](O)[C@H](O)[C@H](O)[C@@H](O)CO. The van der Waals surface area contributed by atoms with Crippen molar-refractivity contribution in [3.05, 3.63) is 12.2 Å². The zero-order valence-electron chi connectivity index (χ0n) is 10.7. The standard InChI is InChI=1S/C11H20O8/c1-5(2)10(17)19-11(3,18)9(16)8(15)7(14)6(13)4-12/h6-9,12-16,18H,1,4H2,2-3H3/t6-,7+,8+,9+,11?/m0/s1. The van der Waals surface area contributed by atoms with Gasteiger partial charge in [0.25, 0.3) is 0 Å². The molecule has 1 unspecified atom stereocenters. The third kappa shape index (κ3) is 4.86. The average Bonchev–Trinajstić information content (AvgIpc) is 2.34. The summed E-state index contributed by atoms with van der Waals surface area (Å²) in [6.45, 7) is 4.61. The van der Waals surface area contributed by atoms with Gasteiger partial charge in [-0.1, -0.05) is 6.58 Å². The van der Waals surface area contributed by atoms with Crippen molar-refractivity contribution in [2.24, 2.45) is 0 Å². The van der Waals surface area contributed by atoms with E-state index in [1.807, 2.05) is 0 Å². The van der Waals surface area contributed by atoms with Crippen molar-refractivity contribution in [2.75, 3.05) is 6.61 Å². The van der Waals surface area contributed by atoms with E-state index in [4.69, 9.17) is 10.2 Å². The molecule has 0 amide bonds. The predicted octanol–water partition coefficient (Wildman–Crippen LogP) is -2.75. The fourth-order valence-electron chi connectivity index (χ4n) is 1.17. The molecule has 0 fully saturated rings. The molecule has 0 aromatic carbocycles. The monoisotopic (exact) mass is 280 g/mol. The normalized spacial score (nSPS) is 20.8. The molecule has 0 radical (unpaired) electrons. The van der Waals surface area contributed by atoms with Gasteiger partial charge in [0.1, 0.15) is 24.4 Å². The zero-order chi connectivity index (χ0) is 15.4. The lowest BCUT2D eigenvalue weighted by Gasteiger charge is -2.34. The second kappa shape index (κ2) is 6.94. The van der Waals surface area contributed by atoms with Gasteiger partial charge in [-0.3, -0.25) is 0 Å². The van der Waals surface area contributed by atoms with Crippen LogP contribution in [0.2, 0.25) is 0 Å². The van der Waals surface area contributed by atoms with Gasteiger partial charge in [-0.05, 0) is 6.92 Å². The average molecular weight is 280 g/mol. The molecule has 0 aliphatic heterocycles. The summed E-state index contributed by atoms with van der Waals surface area (Å²) < 4.78 is 4.50. The van der Waals surface area contributed by atoms with Crippen LogP contribution < -0.4 is 0 Å². The second-order valence-corrected chi connectivity index (χ2v) is 4.40. The molecule has 6 N–H and O–H groups in total. The molecule has 0 bridgehead atoms. The van der Waals surface area contributed by atoms with Gasteiger partial charge in [0.05, 0.1) is 6.61 Å². The largest absolute Gasteiger partial charge is 0.427 e. The van der Waals surface area contributed by atoms with Crippen LogP contribution in [-0.4, -0.2) is 73.4 Å². The van der Waals surface area contributed by atoms with E-state index in [1.54, 1.807) is 0 Å². The van der Waals surface area contributed by atoms with E-state index in [0.29, 0.717) is 0 Å². The predicted molar refractivity (Wildman–Crippen MR) is 62.6 cm³/mol. The summed E-state index contributed by atoms with van der Waals surface area (Å²) in [7, 11) is 0. The topological polar surface area (TPSA) is 148 Å². The van der Waals surface area contributed by atoms with E-state index in [-0.39, 0.29) is 5.57 Å². The van der Waals surface area contributed by atoms with Crippen molar-refractivity contribution in [3.8, 4) is 0 Å². The van der Waals surface area contributed by atoms with Crippen LogP contribution >= 0.6 is 0 Å². The van der Waals surface area contributed by atoms with E-state index in [1.165, 1.54) is 6.92 Å². The number of carbonyl (C=O) groups excluding carboxylic acids is 1. The van der Waals surface area contributed by atoms with Crippen LogP contribution in [0, 0.1) is 0 Å². The fraction of sp³-hybridized carbons (Fsp3) is 0.727. The van der Waals surface area contributed by atoms with Crippen molar-refractivity contribution in [1.29, 1.82) is 0 Å². The Kier molecular flexibility index (Phi) is 6.57. The van der Waals surface area contributed by atoms with Crippen molar-refractivity contribution >= 4 is 5.97 Å². The van der Waals surface area contributed by atoms with Crippen LogP contribution in [0.3, 0.4) is 0 Å². The number of aliphatic hydroxyl groups excluding tert-OH is 5. The Bertz CT molecular complexity index is 327. The Morgan fingerprint density at radius 1 is 1.26 bits per heavy atom. The molecule has 19 heavy (non-hydrogen) atoms. The number of ether oxygens (including phenoxy) is 1. The van der Waals surface area contributed by atoms with Gasteiger partial charge in [0.15, 0.2) is 0 Å². The summed E-state index contributed by atoms with van der Waals surface area (Å²) in [5.41, 5.74) is -0.0436. The summed E-state index contributed by atoms with van der Waals surface area (Å²) in [4.78, 5) is 11.2. The maximum atomic E-state index is 11.2. The van der Waals surface area contributed by atoms with Gasteiger partial charge in [-0.15, -0.1) is 0 Å². The Hall–Kier alpha value is -1.03. The van der Waals surface area contributed by atoms with E-state index >= 15 is 0 Å². The van der Waals surface area contributed by atoms with Crippen LogP contribution in [0.5, 0.6) is 0 Å². The molecule has 0 heterocycles. The first-order valence-corrected chi connectivity index (χ1v) is 5.49. The summed E-state index contributed by atoms with van der Waals surface area (Å²) in [5, 5.41) is 56.0. The van der Waals surface area contributed by atoms with Gasteiger partial charge in [-0.25, -0.2) is 4.79 Å². The number of carbonyl (C=O) groups is 1. The lowest BCUT2D eigenvalue weighted by molar-refractivity contribution is -0.263. The molecule has 0 rings (SSSR count). The number of rotatable bonds is 7. The number of hydrogen-bond donors (Lipinski definition) is 6. The minimum atomic E-state index is -2.51. The Morgan fingerprint density at radius 2 is 1.74 bits per heavy atom. The highest BCUT2D eigenvalue weighted by atomic mass is 16.7. The molecule has 0 aromatic rings. The molecule has 8 nitrogen and oxygen atoms in total. The van der Waals surface area contributed by atoms with E-state index in [2.05, 4.69) is 11.3 Å². The highest BCUT2D eigenvalue weighted by Crippen LogP contribution is 2.19. The van der Waals surface area contributed by atoms with Crippen LogP contribution in [-0.2, 0) is 9.53 Å². The van der Waals surface area contributed by atoms with Crippen LogP contribution in [0.1, 0.15) is 13.8 Å². The zero-order valence-corrected chi connectivity index (χ0v) is 10.7. The molecule has 0 aliphatic rings. The first-order chi connectivity index (χ1) is 8.54. The van der Waals surface area contributed by atoms with Crippen LogP contribution in [0.4, 0.5) is 0 Å². The van der Waals surface area contributed by atoms with Crippen molar-refractivity contribution < 1.29 is 40.2 Å². The summed E-state index contributed by atoms with van der Waals surface area (Å²) in [6, 6.07) is 0. The molecule has 8 heteroatoms. The molecule has 5 atom stereocenters. The number of esters is 1. The molecule has 0 spiro atoms. The Labute approximate surface area is 110 Å². The third-order valence-corrected chi connectivity index (χ3v) is 2.45. The van der Waals surface area contributed by atoms with Crippen molar-refractivity contribution in [3.63, 3.8) is 0 Å². The Balaban J connectivity index is 4.82. The van der Waals surface area contributed by atoms with E-state index < -0.39 is 42.8 Å². The Morgan fingerprint density at radius 3 is 2.11 bits per heavy atom. The molecule has 0 saturated carbocycles. The van der Waals surface area contributed by atoms with E-state index in [0.717, 1.165) is 6.92 Å². The maximum absolute atomic E-state index is 11.2. The molecule has 0 aliphatic carbocycles. The van der Waals surface area contributed by atoms with Crippen molar-refractivity contribution in [2.45, 2.75) is 44.1 Å². The highest BCUT2D eigenvalue weighted by molar-refractivity contribution is 5.87. The molecule has 0 saturated heterocycles. The lowest BCUT2D eigenvalue weighted by atomic mass is 9.98. The van der Waals surface area contributed by atoms with E-state index in [9.17, 15) is 25.2 Å². The quantitative estimate of drug-likeness (QED) is 0.167. The summed E-state index contributed by atoms with van der Waals surface area (Å²) >= 11 is 0. The number of hydrogen-bond acceptors (Lipinski definition) is 8. The molecule has 0 aromatic heterocycles. The first kappa shape index (κ1) is 18.0. The number of aliphatic hydroxyl groups is 6. The minimum absolute atomic E-state index is 0.0436. The van der Waals surface area contributed by atoms with Gasteiger partial charge in [0.2, 0.25) is 5.79 Å². The van der Waals surface area contributed by atoms with Gasteiger partial charge in [-0.2, -0.15) is 0 Å². The molecular weight excluding hydrogens is 260 g/mol. The van der Waals surface area contributed by atoms with Gasteiger partial charge < -0.3 is 35.4 Å². The minimum Gasteiger partial charge on any atom is -0.427 e. The smallest absolute Gasteiger partial charge is 0.335 e. The second-order valence-electron chi connectivity index (χ2n) is 4.40. The first-order valence-electron chi connectivity index (χ1n) is 5.49. The lowest BCUT2D eigenvalue weighted by Crippen LogP contribution is -2.56. The fourth-order valence-corrected chi connectivity index (χ4v) is 1.17. The van der Waals surface area contributed by atoms with Crippen LogP contribution in [0.25, 0.3) is 0 Å². The van der Waals surface area contributed by atoms with Gasteiger partial charge >= 0.3 is 5.97 Å². The molecule has 112 valence electrons. The van der Waals surface area contributed by atoms with Crippen molar-refractivity contribution in [1.82, 2.24) is 0 Å². The molecular formula is C11H20O8. The summed E-state index contributed by atoms with van der Waals surface area (Å²) in [5.74, 6) is -3.51. The van der Waals surface area contributed by atoms with Crippen LogP contribution in [0.15, 0.2) is 12.2 Å². The highest BCUT2D eigenvalue weighted by Gasteiger charge is 2.43. The maximum Gasteiger partial charge on any atom is 0.335 e. The van der Waals surface area contributed by atoms with Gasteiger partial charge in [0, 0.05) is 12.5 Å². The summed E-state index contributed by atoms with van der Waals surface area (Å²) in [6.07, 6.45) is -7.81. The third-order valence-electron chi connectivity index (χ3n) is 2.45.